The minimum absolute atomic E-state index is 0.200. The van der Waals surface area contributed by atoms with E-state index in [4.69, 9.17) is 0 Å². The first-order chi connectivity index (χ1) is 12.5. The molecule has 1 aliphatic heterocycles. The zero-order chi connectivity index (χ0) is 18.7. The summed E-state index contributed by atoms with van der Waals surface area (Å²) in [5.74, 6) is -0.743. The smallest absolute Gasteiger partial charge is 0.356 e. The lowest BCUT2D eigenvalue weighted by Gasteiger charge is -2.40. The highest BCUT2D eigenvalue weighted by Gasteiger charge is 2.34. The van der Waals surface area contributed by atoms with E-state index in [0.29, 0.717) is 13.0 Å². The van der Waals surface area contributed by atoms with Gasteiger partial charge in [0.25, 0.3) is 0 Å². The first-order valence-corrected chi connectivity index (χ1v) is 9.88. The number of hydrogen-bond donors (Lipinski definition) is 1. The second-order valence-corrected chi connectivity index (χ2v) is 7.40. The van der Waals surface area contributed by atoms with Gasteiger partial charge in [-0.25, -0.2) is 4.79 Å². The lowest BCUT2D eigenvalue weighted by molar-refractivity contribution is -0.137. The number of carboxylic acid groups (broad SMARTS) is 1. The van der Waals surface area contributed by atoms with Gasteiger partial charge in [-0.2, -0.15) is 5.10 Å². The number of rotatable bonds is 7. The van der Waals surface area contributed by atoms with Gasteiger partial charge in [-0.15, -0.1) is 0 Å². The Kier molecular flexibility index (Phi) is 5.96. The number of amides is 1. The second-order valence-electron chi connectivity index (χ2n) is 7.40. The molecule has 0 radical (unpaired) electrons. The maximum absolute atomic E-state index is 12.4. The third-order valence-electron chi connectivity index (χ3n) is 5.60. The molecule has 0 saturated carbocycles. The van der Waals surface area contributed by atoms with Crippen LogP contribution < -0.4 is 0 Å². The number of hydrogen-bond acceptors (Lipinski definition) is 4. The molecule has 2 aliphatic rings. The molecule has 144 valence electrons. The van der Waals surface area contributed by atoms with E-state index in [1.165, 1.54) is 0 Å². The van der Waals surface area contributed by atoms with E-state index < -0.39 is 5.97 Å². The molecule has 0 bridgehead atoms. The largest absolute Gasteiger partial charge is 0.476 e. The van der Waals surface area contributed by atoms with Crippen molar-refractivity contribution >= 4 is 11.9 Å². The van der Waals surface area contributed by atoms with Gasteiger partial charge in [0.15, 0.2) is 5.69 Å². The Morgan fingerprint density at radius 2 is 2.04 bits per heavy atom. The van der Waals surface area contributed by atoms with Crippen molar-refractivity contribution in [2.24, 2.45) is 0 Å². The average molecular weight is 362 g/mol. The lowest BCUT2D eigenvalue weighted by atomic mass is 9.90. The summed E-state index contributed by atoms with van der Waals surface area (Å²) in [4.78, 5) is 28.3. The monoisotopic (exact) mass is 362 g/mol. The quantitative estimate of drug-likeness (QED) is 0.800. The number of aromatic nitrogens is 2. The third kappa shape index (κ3) is 3.77. The number of piperazine rings is 1. The van der Waals surface area contributed by atoms with Crippen LogP contribution in [0, 0.1) is 0 Å². The first-order valence-electron chi connectivity index (χ1n) is 9.88. The van der Waals surface area contributed by atoms with Crippen molar-refractivity contribution in [3.05, 3.63) is 17.0 Å². The molecule has 1 aliphatic carbocycles. The third-order valence-corrected chi connectivity index (χ3v) is 5.60. The Morgan fingerprint density at radius 1 is 1.23 bits per heavy atom. The van der Waals surface area contributed by atoms with E-state index in [-0.39, 0.29) is 17.6 Å². The van der Waals surface area contributed by atoms with Crippen LogP contribution in [0.15, 0.2) is 0 Å². The van der Waals surface area contributed by atoms with E-state index >= 15 is 0 Å². The second kappa shape index (κ2) is 8.20. The zero-order valence-corrected chi connectivity index (χ0v) is 15.9. The molecular weight excluding hydrogens is 332 g/mol. The van der Waals surface area contributed by atoms with Crippen LogP contribution in [-0.4, -0.2) is 68.8 Å². The van der Waals surface area contributed by atoms with E-state index in [2.05, 4.69) is 23.8 Å². The SMILES string of the molecule is CCCCN1CCN(C2CCc3c(c(C(=O)O)nn3CCC)C2)CC1=O. The molecule has 1 unspecified atom stereocenters. The average Bonchev–Trinajstić information content (AvgIpc) is 2.99. The molecule has 1 aromatic rings. The van der Waals surface area contributed by atoms with E-state index in [1.807, 2.05) is 9.58 Å². The molecule has 1 aromatic heterocycles. The number of unbranched alkanes of at least 4 members (excludes halogenated alkanes) is 1. The van der Waals surface area contributed by atoms with Crippen LogP contribution >= 0.6 is 0 Å². The molecule has 3 rings (SSSR count). The summed E-state index contributed by atoms with van der Waals surface area (Å²) in [6, 6.07) is 0.233. The zero-order valence-electron chi connectivity index (χ0n) is 15.9. The van der Waals surface area contributed by atoms with Gasteiger partial charge in [-0.3, -0.25) is 14.4 Å². The summed E-state index contributed by atoms with van der Waals surface area (Å²) in [6.45, 7) is 7.93. The van der Waals surface area contributed by atoms with Crippen LogP contribution in [0.4, 0.5) is 0 Å². The standard InChI is InChI=1S/C19H30N4O3/c1-3-5-9-21-10-11-22(13-17(21)24)14-6-7-16-15(12-14)18(19(25)26)20-23(16)8-4-2/h14H,3-13H2,1-2H3,(H,25,26). The summed E-state index contributed by atoms with van der Waals surface area (Å²) >= 11 is 0. The summed E-state index contributed by atoms with van der Waals surface area (Å²) in [7, 11) is 0. The van der Waals surface area contributed by atoms with Crippen molar-refractivity contribution in [3.63, 3.8) is 0 Å². The highest BCUT2D eigenvalue weighted by Crippen LogP contribution is 2.28. The first kappa shape index (κ1) is 18.9. The Bertz CT molecular complexity index is 670. The van der Waals surface area contributed by atoms with Gasteiger partial charge in [0.05, 0.1) is 6.54 Å². The molecule has 1 N–H and O–H groups in total. The Labute approximate surface area is 155 Å². The molecule has 1 atom stereocenters. The van der Waals surface area contributed by atoms with Crippen molar-refractivity contribution in [1.29, 1.82) is 0 Å². The lowest BCUT2D eigenvalue weighted by Crippen LogP contribution is -2.54. The Balaban J connectivity index is 1.71. The highest BCUT2D eigenvalue weighted by atomic mass is 16.4. The fourth-order valence-corrected chi connectivity index (χ4v) is 4.17. The molecule has 1 amide bonds. The van der Waals surface area contributed by atoms with Gasteiger partial charge in [-0.1, -0.05) is 20.3 Å². The normalized spacial score (nSPS) is 21.1. The van der Waals surface area contributed by atoms with Crippen molar-refractivity contribution in [2.75, 3.05) is 26.2 Å². The number of nitrogens with zero attached hydrogens (tertiary/aromatic N) is 4. The minimum Gasteiger partial charge on any atom is -0.476 e. The molecule has 1 saturated heterocycles. The van der Waals surface area contributed by atoms with Gasteiger partial charge >= 0.3 is 5.97 Å². The maximum atomic E-state index is 12.4. The summed E-state index contributed by atoms with van der Waals surface area (Å²) in [5, 5.41) is 13.9. The van der Waals surface area contributed by atoms with Crippen LogP contribution in [0.3, 0.4) is 0 Å². The van der Waals surface area contributed by atoms with Crippen LogP contribution in [0.25, 0.3) is 0 Å². The predicted octanol–water partition coefficient (Wildman–Crippen LogP) is 1.79. The Hall–Kier alpha value is -1.89. The number of aryl methyl sites for hydroxylation is 1. The van der Waals surface area contributed by atoms with Crippen LogP contribution in [-0.2, 0) is 24.2 Å². The van der Waals surface area contributed by atoms with Crippen LogP contribution in [0.1, 0.15) is 61.3 Å². The number of carboxylic acids is 1. The number of carbonyl (C=O) groups excluding carboxylic acids is 1. The Morgan fingerprint density at radius 3 is 2.69 bits per heavy atom. The van der Waals surface area contributed by atoms with Gasteiger partial charge in [0.2, 0.25) is 5.91 Å². The molecule has 7 heteroatoms. The fourth-order valence-electron chi connectivity index (χ4n) is 4.17. The van der Waals surface area contributed by atoms with Gasteiger partial charge in [-0.05, 0) is 32.1 Å². The van der Waals surface area contributed by atoms with Crippen molar-refractivity contribution < 1.29 is 14.7 Å². The van der Waals surface area contributed by atoms with E-state index in [9.17, 15) is 14.7 Å². The number of fused-ring (bicyclic) bond motifs is 1. The summed E-state index contributed by atoms with van der Waals surface area (Å²) in [5.41, 5.74) is 2.16. The number of carbonyl (C=O) groups is 2. The topological polar surface area (TPSA) is 78.7 Å². The van der Waals surface area contributed by atoms with Crippen LogP contribution in [0.5, 0.6) is 0 Å². The molecule has 26 heavy (non-hydrogen) atoms. The van der Waals surface area contributed by atoms with Gasteiger partial charge < -0.3 is 10.0 Å². The predicted molar refractivity (Wildman–Crippen MR) is 98.4 cm³/mol. The molecule has 2 heterocycles. The summed E-state index contributed by atoms with van der Waals surface area (Å²) < 4.78 is 1.88. The maximum Gasteiger partial charge on any atom is 0.356 e. The van der Waals surface area contributed by atoms with Gasteiger partial charge in [0.1, 0.15) is 0 Å². The van der Waals surface area contributed by atoms with Gasteiger partial charge in [0, 0.05) is 43.5 Å². The van der Waals surface area contributed by atoms with Crippen molar-refractivity contribution in [2.45, 2.75) is 65.0 Å². The minimum atomic E-state index is -0.947. The highest BCUT2D eigenvalue weighted by molar-refractivity contribution is 5.87. The molecule has 7 nitrogen and oxygen atoms in total. The molecule has 0 aromatic carbocycles. The van der Waals surface area contributed by atoms with Crippen LogP contribution in [0.2, 0.25) is 0 Å². The molecular formula is C19H30N4O3. The van der Waals surface area contributed by atoms with Crippen molar-refractivity contribution in [3.8, 4) is 0 Å². The van der Waals surface area contributed by atoms with Crippen molar-refractivity contribution in [1.82, 2.24) is 19.6 Å². The molecule has 0 spiro atoms. The van der Waals surface area contributed by atoms with E-state index in [0.717, 1.165) is 69.5 Å². The van der Waals surface area contributed by atoms with E-state index in [1.54, 1.807) is 0 Å². The molecule has 1 fully saturated rings. The summed E-state index contributed by atoms with van der Waals surface area (Å²) in [6.07, 6.45) is 5.57. The fraction of sp³-hybridized carbons (Fsp3) is 0.737. The number of aromatic carboxylic acids is 1.